The minimum absolute atomic E-state index is 0.201. The van der Waals surface area contributed by atoms with E-state index >= 15 is 0 Å². The van der Waals surface area contributed by atoms with E-state index < -0.39 is 0 Å². The molecule has 0 aromatic heterocycles. The molecule has 0 spiro atoms. The number of nitrogens with zero attached hydrogens (tertiary/aromatic N) is 1. The van der Waals surface area contributed by atoms with Gasteiger partial charge in [0.2, 0.25) is 0 Å². The summed E-state index contributed by atoms with van der Waals surface area (Å²) in [5.74, 6) is 0.645. The lowest BCUT2D eigenvalue weighted by atomic mass is 9.83. The van der Waals surface area contributed by atoms with Crippen LogP contribution in [-0.2, 0) is 11.3 Å². The largest absolute Gasteiger partial charge is 0.299 e. The van der Waals surface area contributed by atoms with Gasteiger partial charge < -0.3 is 0 Å². The summed E-state index contributed by atoms with van der Waals surface area (Å²) in [5.41, 5.74) is 1.13. The predicted octanol–water partition coefficient (Wildman–Crippen LogP) is 3.12. The van der Waals surface area contributed by atoms with Gasteiger partial charge in [-0.1, -0.05) is 51.1 Å². The van der Waals surface area contributed by atoms with Crippen LogP contribution in [0.4, 0.5) is 0 Å². The quantitative estimate of drug-likeness (QED) is 0.815. The van der Waals surface area contributed by atoms with Gasteiger partial charge in [0.1, 0.15) is 5.78 Å². The van der Waals surface area contributed by atoms with E-state index in [0.717, 1.165) is 26.1 Å². The van der Waals surface area contributed by atoms with Crippen LogP contribution in [0.2, 0.25) is 0 Å². The van der Waals surface area contributed by atoms with Crippen LogP contribution in [0, 0.1) is 11.3 Å². The first-order valence-corrected chi connectivity index (χ1v) is 6.77. The summed E-state index contributed by atoms with van der Waals surface area (Å²) in [7, 11) is 0. The maximum atomic E-state index is 12.2. The van der Waals surface area contributed by atoms with Crippen LogP contribution in [0.3, 0.4) is 0 Å². The van der Waals surface area contributed by atoms with Crippen LogP contribution in [0.15, 0.2) is 30.3 Å². The molecule has 1 aliphatic rings. The van der Waals surface area contributed by atoms with E-state index in [1.807, 2.05) is 26.8 Å². The van der Waals surface area contributed by atoms with Gasteiger partial charge in [-0.05, 0) is 18.5 Å². The van der Waals surface area contributed by atoms with Gasteiger partial charge in [0.25, 0.3) is 0 Å². The molecule has 1 heterocycles. The molecule has 0 aliphatic carbocycles. The third-order valence-electron chi connectivity index (χ3n) is 3.63. The van der Waals surface area contributed by atoms with E-state index in [4.69, 9.17) is 0 Å². The molecule has 0 amide bonds. The van der Waals surface area contributed by atoms with Gasteiger partial charge in [-0.25, -0.2) is 0 Å². The molecule has 0 bridgehead atoms. The van der Waals surface area contributed by atoms with Crippen molar-refractivity contribution in [2.24, 2.45) is 11.3 Å². The zero-order chi connectivity index (χ0) is 13.2. The molecule has 0 radical (unpaired) electrons. The van der Waals surface area contributed by atoms with Crippen molar-refractivity contribution in [2.75, 3.05) is 13.1 Å². The van der Waals surface area contributed by atoms with Gasteiger partial charge in [-0.2, -0.15) is 0 Å². The summed E-state index contributed by atoms with van der Waals surface area (Å²) in [6.07, 6.45) is 1.02. The monoisotopic (exact) mass is 245 g/mol. The number of Topliss-reactive ketones (excluding diaryl/α,β-unsaturated/α-hetero) is 1. The zero-order valence-electron chi connectivity index (χ0n) is 11.6. The molecule has 1 aliphatic heterocycles. The Morgan fingerprint density at radius 1 is 1.28 bits per heavy atom. The summed E-state index contributed by atoms with van der Waals surface area (Å²) in [5, 5.41) is 0. The van der Waals surface area contributed by atoms with E-state index in [9.17, 15) is 4.79 Å². The first kappa shape index (κ1) is 13.3. The molecule has 1 atom stereocenters. The summed E-state index contributed by atoms with van der Waals surface area (Å²) in [6.45, 7) is 9.00. The molecule has 18 heavy (non-hydrogen) atoms. The summed E-state index contributed by atoms with van der Waals surface area (Å²) in [6, 6.07) is 10.5. The molecule has 0 saturated carbocycles. The van der Waals surface area contributed by atoms with E-state index in [-0.39, 0.29) is 11.3 Å². The van der Waals surface area contributed by atoms with E-state index in [0.29, 0.717) is 5.78 Å². The maximum absolute atomic E-state index is 12.2. The first-order chi connectivity index (χ1) is 8.47. The Morgan fingerprint density at radius 3 is 2.56 bits per heavy atom. The third kappa shape index (κ3) is 3.20. The Morgan fingerprint density at radius 2 is 1.94 bits per heavy atom. The second-order valence-corrected chi connectivity index (χ2v) is 6.32. The normalized spacial score (nSPS) is 21.2. The highest BCUT2D eigenvalue weighted by molar-refractivity contribution is 5.86. The van der Waals surface area contributed by atoms with Crippen molar-refractivity contribution in [3.8, 4) is 0 Å². The number of carbonyl (C=O) groups is 1. The molecule has 1 aromatic carbocycles. The van der Waals surface area contributed by atoms with Crippen molar-refractivity contribution < 1.29 is 4.79 Å². The topological polar surface area (TPSA) is 20.3 Å². The second kappa shape index (κ2) is 5.23. The number of benzene rings is 1. The van der Waals surface area contributed by atoms with Gasteiger partial charge in [-0.15, -0.1) is 0 Å². The first-order valence-electron chi connectivity index (χ1n) is 6.77. The van der Waals surface area contributed by atoms with E-state index in [1.54, 1.807) is 0 Å². The standard InChI is InChI=1S/C16H23NO/c1-16(2,3)15(18)14-9-10-17(12-14)11-13-7-5-4-6-8-13/h4-8,14H,9-12H2,1-3H3. The highest BCUT2D eigenvalue weighted by Gasteiger charge is 2.34. The van der Waals surface area contributed by atoms with Crippen molar-refractivity contribution in [3.05, 3.63) is 35.9 Å². The van der Waals surface area contributed by atoms with Crippen molar-refractivity contribution in [1.82, 2.24) is 4.90 Å². The van der Waals surface area contributed by atoms with Gasteiger partial charge in [0.15, 0.2) is 0 Å². The summed E-state index contributed by atoms with van der Waals surface area (Å²) in [4.78, 5) is 14.6. The molecule has 98 valence electrons. The molecular formula is C16H23NO. The van der Waals surface area contributed by atoms with Crippen molar-refractivity contribution in [3.63, 3.8) is 0 Å². The van der Waals surface area contributed by atoms with Crippen molar-refractivity contribution in [2.45, 2.75) is 33.7 Å². The number of hydrogen-bond acceptors (Lipinski definition) is 2. The lowest BCUT2D eigenvalue weighted by Gasteiger charge is -2.22. The van der Waals surface area contributed by atoms with Crippen LogP contribution in [0.5, 0.6) is 0 Å². The molecule has 2 heteroatoms. The zero-order valence-corrected chi connectivity index (χ0v) is 11.6. The van der Waals surface area contributed by atoms with Gasteiger partial charge in [-0.3, -0.25) is 9.69 Å². The average molecular weight is 245 g/mol. The van der Waals surface area contributed by atoms with Gasteiger partial charge in [0, 0.05) is 24.4 Å². The number of hydrogen-bond donors (Lipinski definition) is 0. The highest BCUT2D eigenvalue weighted by Crippen LogP contribution is 2.27. The minimum Gasteiger partial charge on any atom is -0.299 e. The molecule has 2 nitrogen and oxygen atoms in total. The molecule has 1 unspecified atom stereocenters. The predicted molar refractivity (Wildman–Crippen MR) is 74.3 cm³/mol. The number of likely N-dealkylation sites (tertiary alicyclic amines) is 1. The summed E-state index contributed by atoms with van der Waals surface area (Å²) >= 11 is 0. The Kier molecular flexibility index (Phi) is 3.86. The van der Waals surface area contributed by atoms with Crippen molar-refractivity contribution >= 4 is 5.78 Å². The van der Waals surface area contributed by atoms with Crippen LogP contribution < -0.4 is 0 Å². The molecule has 1 fully saturated rings. The fraction of sp³-hybridized carbons (Fsp3) is 0.562. The Hall–Kier alpha value is -1.15. The van der Waals surface area contributed by atoms with Gasteiger partial charge in [0.05, 0.1) is 0 Å². The smallest absolute Gasteiger partial charge is 0.142 e. The van der Waals surface area contributed by atoms with Crippen LogP contribution in [0.1, 0.15) is 32.8 Å². The maximum Gasteiger partial charge on any atom is 0.142 e. The van der Waals surface area contributed by atoms with Crippen LogP contribution in [-0.4, -0.2) is 23.8 Å². The van der Waals surface area contributed by atoms with Gasteiger partial charge >= 0.3 is 0 Å². The Labute approximate surface area is 110 Å². The SMILES string of the molecule is CC(C)(C)C(=O)C1CCN(Cc2ccccc2)C1. The Balaban J connectivity index is 1.91. The van der Waals surface area contributed by atoms with E-state index in [2.05, 4.69) is 29.2 Å². The molecule has 2 rings (SSSR count). The summed E-state index contributed by atoms with van der Waals surface area (Å²) < 4.78 is 0. The van der Waals surface area contributed by atoms with Crippen molar-refractivity contribution in [1.29, 1.82) is 0 Å². The van der Waals surface area contributed by atoms with E-state index in [1.165, 1.54) is 5.56 Å². The fourth-order valence-electron chi connectivity index (χ4n) is 2.64. The molecule has 0 N–H and O–H groups in total. The van der Waals surface area contributed by atoms with Crippen LogP contribution in [0.25, 0.3) is 0 Å². The molecule has 1 saturated heterocycles. The third-order valence-corrected chi connectivity index (χ3v) is 3.63. The number of ketones is 1. The molecular weight excluding hydrogens is 222 g/mol. The lowest BCUT2D eigenvalue weighted by Crippen LogP contribution is -2.30. The fourth-order valence-corrected chi connectivity index (χ4v) is 2.64. The second-order valence-electron chi connectivity index (χ2n) is 6.32. The number of rotatable bonds is 3. The van der Waals surface area contributed by atoms with Crippen LogP contribution >= 0.6 is 0 Å². The highest BCUT2D eigenvalue weighted by atomic mass is 16.1. The number of carbonyl (C=O) groups excluding carboxylic acids is 1. The Bertz CT molecular complexity index is 405. The molecule has 1 aromatic rings. The average Bonchev–Trinajstić information content (AvgIpc) is 2.76. The minimum atomic E-state index is -0.201. The lowest BCUT2D eigenvalue weighted by molar-refractivity contribution is -0.130.